The molecule has 1 aromatic heterocycles. The van der Waals surface area contributed by atoms with Crippen LogP contribution < -0.4 is 5.73 Å². The van der Waals surface area contributed by atoms with Crippen LogP contribution in [0, 0.1) is 5.92 Å². The van der Waals surface area contributed by atoms with E-state index in [-0.39, 0.29) is 12.4 Å². The summed E-state index contributed by atoms with van der Waals surface area (Å²) in [5.74, 6) is 2.23. The molecule has 0 bridgehead atoms. The highest BCUT2D eigenvalue weighted by Crippen LogP contribution is 2.35. The van der Waals surface area contributed by atoms with Crippen LogP contribution in [0.1, 0.15) is 62.8 Å². The average molecular weight is 239 g/mol. The van der Waals surface area contributed by atoms with Crippen LogP contribution >= 0.6 is 0 Å². The van der Waals surface area contributed by atoms with Crippen molar-refractivity contribution in [3.63, 3.8) is 0 Å². The van der Waals surface area contributed by atoms with E-state index in [0.29, 0.717) is 5.92 Å². The molecule has 1 saturated carbocycles. The molecule has 17 heavy (non-hydrogen) atoms. The van der Waals surface area contributed by atoms with Gasteiger partial charge < -0.3 is 15.4 Å². The molecule has 96 valence electrons. The van der Waals surface area contributed by atoms with Gasteiger partial charge in [0.1, 0.15) is 6.10 Å². The second-order valence-corrected chi connectivity index (χ2v) is 4.87. The van der Waals surface area contributed by atoms with E-state index >= 15 is 0 Å². The standard InChI is InChI=1S/C12H21N3O2/c1-2-8-3-5-9(6-4-8)11-14-12(17-15-11)10(16)7-13/h8-10,16H,2-7,13H2,1H3. The summed E-state index contributed by atoms with van der Waals surface area (Å²) in [7, 11) is 0. The van der Waals surface area contributed by atoms with Gasteiger partial charge in [0, 0.05) is 12.5 Å². The fraction of sp³-hybridized carbons (Fsp3) is 0.833. The molecule has 1 aromatic rings. The van der Waals surface area contributed by atoms with Crippen LogP contribution in [0.4, 0.5) is 0 Å². The van der Waals surface area contributed by atoms with Gasteiger partial charge in [-0.1, -0.05) is 18.5 Å². The topological polar surface area (TPSA) is 85.2 Å². The van der Waals surface area contributed by atoms with Crippen molar-refractivity contribution in [2.24, 2.45) is 11.7 Å². The van der Waals surface area contributed by atoms with Crippen molar-refractivity contribution in [1.82, 2.24) is 10.1 Å². The van der Waals surface area contributed by atoms with Crippen molar-refractivity contribution >= 4 is 0 Å². The minimum atomic E-state index is -0.830. The second kappa shape index (κ2) is 5.60. The Bertz CT molecular complexity index is 345. The predicted molar refractivity (Wildman–Crippen MR) is 63.3 cm³/mol. The lowest BCUT2D eigenvalue weighted by atomic mass is 9.80. The zero-order valence-electron chi connectivity index (χ0n) is 10.3. The molecular formula is C12H21N3O2. The molecule has 5 nitrogen and oxygen atoms in total. The van der Waals surface area contributed by atoms with Crippen LogP contribution in [-0.4, -0.2) is 21.8 Å². The van der Waals surface area contributed by atoms with Crippen LogP contribution in [0.5, 0.6) is 0 Å². The molecule has 2 rings (SSSR count). The third kappa shape index (κ3) is 2.84. The Morgan fingerprint density at radius 2 is 2.12 bits per heavy atom. The van der Waals surface area contributed by atoms with Gasteiger partial charge >= 0.3 is 0 Å². The summed E-state index contributed by atoms with van der Waals surface area (Å²) in [4.78, 5) is 4.25. The van der Waals surface area contributed by atoms with Crippen LogP contribution in [0.2, 0.25) is 0 Å². The van der Waals surface area contributed by atoms with Gasteiger partial charge in [-0.3, -0.25) is 0 Å². The van der Waals surface area contributed by atoms with Gasteiger partial charge in [-0.2, -0.15) is 4.98 Å². The van der Waals surface area contributed by atoms with Gasteiger partial charge in [-0.25, -0.2) is 0 Å². The quantitative estimate of drug-likeness (QED) is 0.836. The third-order valence-corrected chi connectivity index (χ3v) is 3.76. The van der Waals surface area contributed by atoms with Crippen molar-refractivity contribution in [2.45, 2.75) is 51.0 Å². The monoisotopic (exact) mass is 239 g/mol. The number of hydrogen-bond donors (Lipinski definition) is 2. The maximum absolute atomic E-state index is 9.50. The number of nitrogens with two attached hydrogens (primary N) is 1. The molecule has 0 aliphatic heterocycles. The smallest absolute Gasteiger partial charge is 0.256 e. The lowest BCUT2D eigenvalue weighted by molar-refractivity contribution is 0.141. The summed E-state index contributed by atoms with van der Waals surface area (Å²) >= 11 is 0. The molecule has 0 aromatic carbocycles. The highest BCUT2D eigenvalue weighted by molar-refractivity contribution is 4.99. The van der Waals surface area contributed by atoms with Gasteiger partial charge in [0.05, 0.1) is 0 Å². The van der Waals surface area contributed by atoms with Gasteiger partial charge in [0.15, 0.2) is 5.82 Å². The van der Waals surface area contributed by atoms with E-state index in [2.05, 4.69) is 17.1 Å². The van der Waals surface area contributed by atoms with E-state index in [9.17, 15) is 5.11 Å². The fourth-order valence-electron chi connectivity index (χ4n) is 2.48. The number of nitrogens with zero attached hydrogens (tertiary/aromatic N) is 2. The van der Waals surface area contributed by atoms with Crippen LogP contribution in [0.25, 0.3) is 0 Å². The molecule has 0 amide bonds. The SMILES string of the molecule is CCC1CCC(c2noc(C(O)CN)n2)CC1. The third-order valence-electron chi connectivity index (χ3n) is 3.76. The lowest BCUT2D eigenvalue weighted by Crippen LogP contribution is -2.14. The van der Waals surface area contributed by atoms with E-state index in [1.54, 1.807) is 0 Å². The lowest BCUT2D eigenvalue weighted by Gasteiger charge is -2.25. The number of rotatable bonds is 4. The van der Waals surface area contributed by atoms with Crippen molar-refractivity contribution in [3.8, 4) is 0 Å². The zero-order chi connectivity index (χ0) is 12.3. The minimum absolute atomic E-state index is 0.115. The Balaban J connectivity index is 1.97. The summed E-state index contributed by atoms with van der Waals surface area (Å²) < 4.78 is 5.03. The van der Waals surface area contributed by atoms with Crippen molar-refractivity contribution in [2.75, 3.05) is 6.54 Å². The first kappa shape index (κ1) is 12.5. The highest BCUT2D eigenvalue weighted by atomic mass is 16.5. The molecule has 1 atom stereocenters. The number of aliphatic hydroxyl groups is 1. The normalized spacial score (nSPS) is 27.0. The minimum Gasteiger partial charge on any atom is -0.382 e. The van der Waals surface area contributed by atoms with Crippen molar-refractivity contribution in [3.05, 3.63) is 11.7 Å². The Morgan fingerprint density at radius 1 is 1.41 bits per heavy atom. The Morgan fingerprint density at radius 3 is 2.71 bits per heavy atom. The van der Waals surface area contributed by atoms with Crippen molar-refractivity contribution < 1.29 is 9.63 Å². The van der Waals surface area contributed by atoms with E-state index < -0.39 is 6.10 Å². The van der Waals surface area contributed by atoms with Crippen molar-refractivity contribution in [1.29, 1.82) is 0 Å². The molecule has 1 aliphatic rings. The first-order valence-corrected chi connectivity index (χ1v) is 6.46. The molecule has 1 fully saturated rings. The largest absolute Gasteiger partial charge is 0.382 e. The van der Waals surface area contributed by atoms with Gasteiger partial charge in [0.25, 0.3) is 5.89 Å². The molecule has 1 aliphatic carbocycles. The molecule has 0 saturated heterocycles. The fourth-order valence-corrected chi connectivity index (χ4v) is 2.48. The molecule has 1 unspecified atom stereocenters. The summed E-state index contributed by atoms with van der Waals surface area (Å²) in [6.45, 7) is 2.36. The highest BCUT2D eigenvalue weighted by Gasteiger charge is 2.26. The molecule has 0 spiro atoms. The first-order chi connectivity index (χ1) is 8.24. The summed E-state index contributed by atoms with van der Waals surface area (Å²) in [5.41, 5.74) is 5.35. The number of hydrogen-bond acceptors (Lipinski definition) is 5. The van der Waals surface area contributed by atoms with E-state index in [0.717, 1.165) is 24.6 Å². The molecule has 0 radical (unpaired) electrons. The van der Waals surface area contributed by atoms with Gasteiger partial charge in [-0.05, 0) is 31.6 Å². The molecule has 3 N–H and O–H groups in total. The van der Waals surface area contributed by atoms with E-state index in [4.69, 9.17) is 10.3 Å². The predicted octanol–water partition coefficient (Wildman–Crippen LogP) is 1.75. The Labute approximate surface area is 101 Å². The Hall–Kier alpha value is -0.940. The maximum Gasteiger partial charge on any atom is 0.256 e. The first-order valence-electron chi connectivity index (χ1n) is 6.46. The van der Waals surface area contributed by atoms with Crippen LogP contribution in [-0.2, 0) is 0 Å². The summed E-state index contributed by atoms with van der Waals surface area (Å²) in [6, 6.07) is 0. The summed E-state index contributed by atoms with van der Waals surface area (Å²) in [6.07, 6.45) is 5.15. The average Bonchev–Trinajstić information content (AvgIpc) is 2.87. The number of aromatic nitrogens is 2. The maximum atomic E-state index is 9.50. The van der Waals surface area contributed by atoms with E-state index in [1.807, 2.05) is 0 Å². The van der Waals surface area contributed by atoms with Crippen LogP contribution in [0.3, 0.4) is 0 Å². The molecule has 1 heterocycles. The van der Waals surface area contributed by atoms with E-state index in [1.165, 1.54) is 19.3 Å². The molecule has 5 heteroatoms. The second-order valence-electron chi connectivity index (χ2n) is 4.87. The van der Waals surface area contributed by atoms with Gasteiger partial charge in [-0.15, -0.1) is 0 Å². The van der Waals surface area contributed by atoms with Crippen LogP contribution in [0.15, 0.2) is 4.52 Å². The zero-order valence-corrected chi connectivity index (χ0v) is 10.3. The number of aliphatic hydroxyl groups excluding tert-OH is 1. The van der Waals surface area contributed by atoms with Gasteiger partial charge in [0.2, 0.25) is 0 Å². The summed E-state index contributed by atoms with van der Waals surface area (Å²) in [5, 5.41) is 13.5. The molecular weight excluding hydrogens is 218 g/mol. The Kier molecular flexibility index (Phi) is 4.12.